The highest BCUT2D eigenvalue weighted by atomic mass is 16.3. The maximum atomic E-state index is 9.07. The van der Waals surface area contributed by atoms with E-state index in [1.165, 1.54) is 0 Å². The van der Waals surface area contributed by atoms with E-state index >= 15 is 0 Å². The van der Waals surface area contributed by atoms with E-state index in [1.807, 2.05) is 29.3 Å². The van der Waals surface area contributed by atoms with Crippen molar-refractivity contribution in [3.05, 3.63) is 12.3 Å². The van der Waals surface area contributed by atoms with Crippen LogP contribution in [0.4, 0.5) is 0 Å². The Bertz CT molecular complexity index is 122. The lowest BCUT2D eigenvalue weighted by Gasteiger charge is -2.27. The van der Waals surface area contributed by atoms with Crippen LogP contribution in [-0.2, 0) is 0 Å². The molecule has 3 heteroatoms. The van der Waals surface area contributed by atoms with Crippen LogP contribution in [0.1, 0.15) is 6.92 Å². The van der Waals surface area contributed by atoms with Crippen molar-refractivity contribution in [3.63, 3.8) is 0 Å². The van der Waals surface area contributed by atoms with Crippen molar-refractivity contribution >= 4 is 0 Å². The SMILES string of the molecule is CC(O)N1CC=CN1C. The van der Waals surface area contributed by atoms with E-state index in [0.717, 1.165) is 6.54 Å². The summed E-state index contributed by atoms with van der Waals surface area (Å²) in [5, 5.41) is 12.8. The molecule has 0 fully saturated rings. The Morgan fingerprint density at radius 1 is 1.67 bits per heavy atom. The fourth-order valence-corrected chi connectivity index (χ4v) is 0.938. The van der Waals surface area contributed by atoms with Crippen LogP contribution >= 0.6 is 0 Å². The summed E-state index contributed by atoms with van der Waals surface area (Å²) < 4.78 is 0. The van der Waals surface area contributed by atoms with Crippen molar-refractivity contribution < 1.29 is 5.11 Å². The van der Waals surface area contributed by atoms with Crippen LogP contribution in [0.3, 0.4) is 0 Å². The van der Waals surface area contributed by atoms with Gasteiger partial charge in [0.25, 0.3) is 0 Å². The van der Waals surface area contributed by atoms with Crippen molar-refractivity contribution in [2.24, 2.45) is 0 Å². The maximum Gasteiger partial charge on any atom is 0.121 e. The van der Waals surface area contributed by atoms with Gasteiger partial charge in [-0.1, -0.05) is 6.08 Å². The molecule has 0 spiro atoms. The maximum absolute atomic E-state index is 9.07. The smallest absolute Gasteiger partial charge is 0.121 e. The van der Waals surface area contributed by atoms with Crippen molar-refractivity contribution in [3.8, 4) is 0 Å². The standard InChI is InChI=1S/C6H12N2O/c1-6(9)8-5-3-4-7(8)2/h3-4,6,9H,5H2,1-2H3. The molecule has 1 N–H and O–H groups in total. The first-order valence-corrected chi connectivity index (χ1v) is 3.06. The Balaban J connectivity index is 2.45. The molecule has 1 aliphatic heterocycles. The summed E-state index contributed by atoms with van der Waals surface area (Å²) in [6.45, 7) is 2.57. The molecule has 0 bridgehead atoms. The second-order valence-corrected chi connectivity index (χ2v) is 2.21. The van der Waals surface area contributed by atoms with E-state index in [1.54, 1.807) is 6.92 Å². The summed E-state index contributed by atoms with van der Waals surface area (Å²) >= 11 is 0. The third-order valence-electron chi connectivity index (χ3n) is 1.45. The van der Waals surface area contributed by atoms with Gasteiger partial charge in [0.15, 0.2) is 0 Å². The summed E-state index contributed by atoms with van der Waals surface area (Å²) in [5.74, 6) is 0. The van der Waals surface area contributed by atoms with E-state index in [9.17, 15) is 0 Å². The number of hydrogen-bond donors (Lipinski definition) is 1. The van der Waals surface area contributed by atoms with Gasteiger partial charge >= 0.3 is 0 Å². The van der Waals surface area contributed by atoms with Crippen molar-refractivity contribution in [1.82, 2.24) is 10.0 Å². The van der Waals surface area contributed by atoms with Crippen LogP contribution in [-0.4, -0.2) is 34.9 Å². The predicted octanol–water partition coefficient (Wildman–Crippen LogP) is 0.000800. The second kappa shape index (κ2) is 2.37. The van der Waals surface area contributed by atoms with Gasteiger partial charge in [0, 0.05) is 19.8 Å². The molecular formula is C6H12N2O. The summed E-state index contributed by atoms with van der Waals surface area (Å²) in [5.41, 5.74) is 0. The summed E-state index contributed by atoms with van der Waals surface area (Å²) in [4.78, 5) is 0. The van der Waals surface area contributed by atoms with Gasteiger partial charge in [-0.05, 0) is 6.92 Å². The summed E-state index contributed by atoms with van der Waals surface area (Å²) in [6.07, 6.45) is 3.56. The van der Waals surface area contributed by atoms with Gasteiger partial charge in [0.2, 0.25) is 0 Å². The number of rotatable bonds is 1. The normalized spacial score (nSPS) is 23.2. The monoisotopic (exact) mass is 128 g/mol. The van der Waals surface area contributed by atoms with Gasteiger partial charge in [-0.15, -0.1) is 0 Å². The molecule has 1 heterocycles. The Morgan fingerprint density at radius 2 is 2.33 bits per heavy atom. The fraction of sp³-hybridized carbons (Fsp3) is 0.667. The molecule has 1 rings (SSSR count). The van der Waals surface area contributed by atoms with Gasteiger partial charge in [0.05, 0.1) is 0 Å². The molecule has 0 aliphatic carbocycles. The predicted molar refractivity (Wildman–Crippen MR) is 35.3 cm³/mol. The van der Waals surface area contributed by atoms with Gasteiger partial charge in [-0.25, -0.2) is 0 Å². The van der Waals surface area contributed by atoms with Crippen LogP contribution in [0.15, 0.2) is 12.3 Å². The third-order valence-corrected chi connectivity index (χ3v) is 1.45. The number of nitrogens with zero attached hydrogens (tertiary/aromatic N) is 2. The highest BCUT2D eigenvalue weighted by Crippen LogP contribution is 2.06. The van der Waals surface area contributed by atoms with Gasteiger partial charge in [-0.3, -0.25) is 0 Å². The topological polar surface area (TPSA) is 26.7 Å². The molecule has 1 atom stereocenters. The lowest BCUT2D eigenvalue weighted by atomic mass is 10.5. The lowest BCUT2D eigenvalue weighted by Crippen LogP contribution is -2.39. The average molecular weight is 128 g/mol. The largest absolute Gasteiger partial charge is 0.377 e. The average Bonchev–Trinajstić information content (AvgIpc) is 2.13. The minimum Gasteiger partial charge on any atom is -0.377 e. The Morgan fingerprint density at radius 3 is 2.56 bits per heavy atom. The highest BCUT2D eigenvalue weighted by Gasteiger charge is 2.15. The van der Waals surface area contributed by atoms with Gasteiger partial charge in [-0.2, -0.15) is 5.01 Å². The van der Waals surface area contributed by atoms with Crippen molar-refractivity contribution in [1.29, 1.82) is 0 Å². The first-order chi connectivity index (χ1) is 4.22. The van der Waals surface area contributed by atoms with Crippen LogP contribution in [0, 0.1) is 0 Å². The Kier molecular flexibility index (Phi) is 1.73. The van der Waals surface area contributed by atoms with Crippen molar-refractivity contribution in [2.45, 2.75) is 13.2 Å². The van der Waals surface area contributed by atoms with E-state index in [0.29, 0.717) is 0 Å². The van der Waals surface area contributed by atoms with Crippen LogP contribution < -0.4 is 0 Å². The third kappa shape index (κ3) is 1.23. The molecular weight excluding hydrogens is 116 g/mol. The molecule has 1 aliphatic rings. The number of aliphatic hydroxyl groups excluding tert-OH is 1. The molecule has 0 saturated heterocycles. The highest BCUT2D eigenvalue weighted by molar-refractivity contribution is 4.89. The van der Waals surface area contributed by atoms with E-state index in [2.05, 4.69) is 0 Å². The van der Waals surface area contributed by atoms with Crippen LogP contribution in [0.5, 0.6) is 0 Å². The van der Waals surface area contributed by atoms with Crippen molar-refractivity contribution in [2.75, 3.05) is 13.6 Å². The summed E-state index contributed by atoms with van der Waals surface area (Å²) in [7, 11) is 1.91. The molecule has 1 unspecified atom stereocenters. The molecule has 0 aromatic rings. The fourth-order valence-electron chi connectivity index (χ4n) is 0.938. The molecule has 0 amide bonds. The molecule has 3 nitrogen and oxygen atoms in total. The first kappa shape index (κ1) is 6.58. The second-order valence-electron chi connectivity index (χ2n) is 2.21. The molecule has 0 radical (unpaired) electrons. The van der Waals surface area contributed by atoms with E-state index in [4.69, 9.17) is 5.11 Å². The molecule has 52 valence electrons. The van der Waals surface area contributed by atoms with E-state index < -0.39 is 0 Å². The minimum absolute atomic E-state index is 0.384. The zero-order valence-corrected chi connectivity index (χ0v) is 5.78. The molecule has 0 aromatic heterocycles. The summed E-state index contributed by atoms with van der Waals surface area (Å²) in [6, 6.07) is 0. The molecule has 9 heavy (non-hydrogen) atoms. The molecule has 0 saturated carbocycles. The Labute approximate surface area is 55.2 Å². The van der Waals surface area contributed by atoms with Crippen LogP contribution in [0.25, 0.3) is 0 Å². The van der Waals surface area contributed by atoms with E-state index in [-0.39, 0.29) is 6.23 Å². The number of hydrogen-bond acceptors (Lipinski definition) is 3. The zero-order valence-electron chi connectivity index (χ0n) is 5.78. The van der Waals surface area contributed by atoms with Gasteiger partial charge < -0.3 is 10.1 Å². The van der Waals surface area contributed by atoms with Gasteiger partial charge in [0.1, 0.15) is 6.23 Å². The number of hydrazine groups is 1. The zero-order chi connectivity index (χ0) is 6.85. The number of aliphatic hydroxyl groups is 1. The molecule has 0 aromatic carbocycles. The quantitative estimate of drug-likeness (QED) is 0.538. The minimum atomic E-state index is -0.384. The Hall–Kier alpha value is -0.540. The lowest BCUT2D eigenvalue weighted by molar-refractivity contribution is -0.0735. The van der Waals surface area contributed by atoms with Crippen LogP contribution in [0.2, 0.25) is 0 Å². The first-order valence-electron chi connectivity index (χ1n) is 3.06.